The van der Waals surface area contributed by atoms with Gasteiger partial charge < -0.3 is 18.8 Å². The van der Waals surface area contributed by atoms with Crippen molar-refractivity contribution in [2.45, 2.75) is 44.8 Å². The van der Waals surface area contributed by atoms with Gasteiger partial charge in [0, 0.05) is 13.1 Å². The molecular weight excluding hydrogens is 439 g/mol. The number of furan rings is 1. The lowest BCUT2D eigenvalue weighted by molar-refractivity contribution is -0.192. The number of imidazole rings is 1. The average Bonchev–Trinajstić information content (AvgIpc) is 3.50. The highest BCUT2D eigenvalue weighted by Gasteiger charge is 2.43. The van der Waals surface area contributed by atoms with Gasteiger partial charge in [0.25, 0.3) is 0 Å². The molecule has 0 bridgehead atoms. The third-order valence-corrected chi connectivity index (χ3v) is 5.84. The molecule has 10 heteroatoms. The highest BCUT2D eigenvalue weighted by atomic mass is 19.4. The summed E-state index contributed by atoms with van der Waals surface area (Å²) in [4.78, 5) is 15.9. The van der Waals surface area contributed by atoms with E-state index in [1.165, 1.54) is 16.8 Å². The number of aromatic nitrogens is 2. The minimum absolute atomic E-state index is 0.125. The molecular formula is C23H24F3N3O4. The fraction of sp³-hybridized carbons (Fsp3) is 0.391. The van der Waals surface area contributed by atoms with Crippen molar-refractivity contribution in [1.82, 2.24) is 14.5 Å². The average molecular weight is 463 g/mol. The fourth-order valence-corrected chi connectivity index (χ4v) is 4.14. The molecule has 0 aliphatic carbocycles. The molecule has 0 radical (unpaired) electrons. The first-order valence-corrected chi connectivity index (χ1v) is 10.5. The Morgan fingerprint density at radius 1 is 1.21 bits per heavy atom. The van der Waals surface area contributed by atoms with E-state index in [1.807, 2.05) is 18.3 Å². The van der Waals surface area contributed by atoms with Gasteiger partial charge in [-0.15, -0.1) is 0 Å². The van der Waals surface area contributed by atoms with Gasteiger partial charge in [-0.1, -0.05) is 29.8 Å². The molecule has 1 N–H and O–H groups in total. The van der Waals surface area contributed by atoms with Gasteiger partial charge in [-0.3, -0.25) is 4.90 Å². The Balaban J connectivity index is 0.000000325. The summed E-state index contributed by atoms with van der Waals surface area (Å²) in [5.74, 6) is -0.718. The van der Waals surface area contributed by atoms with E-state index in [-0.39, 0.29) is 5.60 Å². The monoisotopic (exact) mass is 463 g/mol. The van der Waals surface area contributed by atoms with Crippen molar-refractivity contribution >= 4 is 5.97 Å². The summed E-state index contributed by atoms with van der Waals surface area (Å²) in [5, 5.41) is 7.12. The zero-order valence-corrected chi connectivity index (χ0v) is 18.0. The lowest BCUT2D eigenvalue weighted by Gasteiger charge is -2.35. The van der Waals surface area contributed by atoms with E-state index >= 15 is 0 Å². The lowest BCUT2D eigenvalue weighted by atomic mass is 10.0. The van der Waals surface area contributed by atoms with Crippen molar-refractivity contribution < 1.29 is 32.2 Å². The molecule has 1 fully saturated rings. The zero-order valence-electron chi connectivity index (χ0n) is 18.0. The first-order valence-electron chi connectivity index (χ1n) is 10.5. The van der Waals surface area contributed by atoms with Crippen molar-refractivity contribution in [2.75, 3.05) is 13.1 Å². The number of benzene rings is 1. The normalized spacial score (nSPS) is 20.4. The van der Waals surface area contributed by atoms with Crippen molar-refractivity contribution in [3.05, 3.63) is 66.0 Å². The van der Waals surface area contributed by atoms with E-state index in [1.54, 1.807) is 6.26 Å². The van der Waals surface area contributed by atoms with Crippen LogP contribution in [0.5, 0.6) is 0 Å². The van der Waals surface area contributed by atoms with Crippen molar-refractivity contribution in [2.24, 2.45) is 0 Å². The van der Waals surface area contributed by atoms with E-state index in [0.717, 1.165) is 44.2 Å². The molecule has 3 aromatic rings. The number of rotatable bonds is 3. The summed E-state index contributed by atoms with van der Waals surface area (Å²) in [6.07, 6.45) is -0.319. The van der Waals surface area contributed by atoms with Crippen molar-refractivity contribution in [3.63, 3.8) is 0 Å². The number of hydrogen-bond donors (Lipinski definition) is 1. The van der Waals surface area contributed by atoms with Gasteiger partial charge >= 0.3 is 12.1 Å². The molecule has 1 atom stereocenters. The van der Waals surface area contributed by atoms with Crippen LogP contribution in [0.25, 0.3) is 11.3 Å². The van der Waals surface area contributed by atoms with Gasteiger partial charge in [0.2, 0.25) is 0 Å². The standard InChI is InChI=1S/C21H23N3O2.C2HF3O2/c1-16-4-6-17(7-5-16)19-11-22-20-13-26-21(15-24(19)20)8-9-23(14-21)12-18-3-2-10-25-18;3-2(4,5)1(6)7/h2-7,10-11H,8-9,12-15H2,1H3;(H,6,7). The number of nitrogens with zero attached hydrogens (tertiary/aromatic N) is 3. The minimum atomic E-state index is -5.08. The Hall–Kier alpha value is -3.11. The molecule has 176 valence electrons. The third-order valence-electron chi connectivity index (χ3n) is 5.84. The van der Waals surface area contributed by atoms with Crippen LogP contribution in [0, 0.1) is 6.92 Å². The molecule has 2 aliphatic heterocycles. The molecule has 1 unspecified atom stereocenters. The minimum Gasteiger partial charge on any atom is -0.475 e. The molecule has 1 spiro atoms. The lowest BCUT2D eigenvalue weighted by Crippen LogP contribution is -2.44. The first kappa shape index (κ1) is 23.1. The predicted molar refractivity (Wildman–Crippen MR) is 112 cm³/mol. The van der Waals surface area contributed by atoms with Gasteiger partial charge in [0.1, 0.15) is 23.8 Å². The summed E-state index contributed by atoms with van der Waals surface area (Å²) in [6.45, 7) is 6.37. The maximum atomic E-state index is 10.6. The summed E-state index contributed by atoms with van der Waals surface area (Å²) in [5.41, 5.74) is 3.56. The van der Waals surface area contributed by atoms with E-state index in [4.69, 9.17) is 19.1 Å². The number of halogens is 3. The van der Waals surface area contributed by atoms with E-state index in [2.05, 4.69) is 45.6 Å². The maximum Gasteiger partial charge on any atom is 0.490 e. The Morgan fingerprint density at radius 2 is 1.94 bits per heavy atom. The van der Waals surface area contributed by atoms with Crippen LogP contribution in [-0.4, -0.2) is 50.4 Å². The van der Waals surface area contributed by atoms with E-state index in [9.17, 15) is 13.2 Å². The highest BCUT2D eigenvalue weighted by molar-refractivity contribution is 5.73. The van der Waals surface area contributed by atoms with Crippen molar-refractivity contribution in [1.29, 1.82) is 0 Å². The van der Waals surface area contributed by atoms with Crippen LogP contribution in [0.2, 0.25) is 0 Å². The van der Waals surface area contributed by atoms with Gasteiger partial charge in [0.15, 0.2) is 0 Å². The largest absolute Gasteiger partial charge is 0.490 e. The number of aryl methyl sites for hydroxylation is 1. The number of fused-ring (bicyclic) bond motifs is 1. The number of hydrogen-bond acceptors (Lipinski definition) is 5. The van der Waals surface area contributed by atoms with Gasteiger partial charge in [0.05, 0.1) is 31.2 Å². The number of carboxylic acid groups (broad SMARTS) is 1. The number of ether oxygens (including phenoxy) is 1. The summed E-state index contributed by atoms with van der Waals surface area (Å²) in [6, 6.07) is 12.7. The second-order valence-corrected chi connectivity index (χ2v) is 8.33. The molecule has 4 heterocycles. The number of carboxylic acids is 1. The van der Waals surface area contributed by atoms with Gasteiger partial charge in [-0.2, -0.15) is 13.2 Å². The quantitative estimate of drug-likeness (QED) is 0.625. The molecule has 0 saturated carbocycles. The molecule has 5 rings (SSSR count). The van der Waals surface area contributed by atoms with Gasteiger partial charge in [-0.05, 0) is 31.0 Å². The number of aliphatic carboxylic acids is 1. The summed E-state index contributed by atoms with van der Waals surface area (Å²) < 4.78 is 45.9. The molecule has 33 heavy (non-hydrogen) atoms. The number of likely N-dealkylation sites (tertiary alicyclic amines) is 1. The van der Waals surface area contributed by atoms with Crippen LogP contribution in [-0.2, 0) is 29.2 Å². The second-order valence-electron chi connectivity index (χ2n) is 8.33. The Labute approximate surface area is 188 Å². The molecule has 1 aromatic carbocycles. The van der Waals surface area contributed by atoms with Crippen LogP contribution >= 0.6 is 0 Å². The number of alkyl halides is 3. The Morgan fingerprint density at radius 3 is 2.58 bits per heavy atom. The zero-order chi connectivity index (χ0) is 23.6. The van der Waals surface area contributed by atoms with E-state index < -0.39 is 12.1 Å². The van der Waals surface area contributed by atoms with Crippen LogP contribution < -0.4 is 0 Å². The third kappa shape index (κ3) is 5.28. The molecule has 1 saturated heterocycles. The maximum absolute atomic E-state index is 10.6. The Bertz CT molecular complexity index is 1090. The van der Waals surface area contributed by atoms with Crippen LogP contribution in [0.15, 0.2) is 53.3 Å². The molecule has 0 amide bonds. The van der Waals surface area contributed by atoms with Gasteiger partial charge in [-0.25, -0.2) is 9.78 Å². The SMILES string of the molecule is Cc1ccc(-c2cnc3n2CC2(CCN(Cc4ccco4)C2)OC3)cc1.O=C(O)C(F)(F)F. The fourth-order valence-electron chi connectivity index (χ4n) is 4.14. The Kier molecular flexibility index (Phi) is 6.31. The summed E-state index contributed by atoms with van der Waals surface area (Å²) in [7, 11) is 0. The topological polar surface area (TPSA) is 80.7 Å². The highest BCUT2D eigenvalue weighted by Crippen LogP contribution is 2.35. The van der Waals surface area contributed by atoms with E-state index in [0.29, 0.717) is 6.61 Å². The van der Waals surface area contributed by atoms with Crippen LogP contribution in [0.1, 0.15) is 23.6 Å². The second kappa shape index (κ2) is 9.03. The molecule has 7 nitrogen and oxygen atoms in total. The smallest absolute Gasteiger partial charge is 0.475 e. The van der Waals surface area contributed by atoms with Crippen LogP contribution in [0.4, 0.5) is 13.2 Å². The first-order chi connectivity index (χ1) is 15.7. The molecule has 2 aliphatic rings. The number of carbonyl (C=O) groups is 1. The summed E-state index contributed by atoms with van der Waals surface area (Å²) >= 11 is 0. The predicted octanol–water partition coefficient (Wildman–Crippen LogP) is 4.26. The molecule has 2 aromatic heterocycles. The van der Waals surface area contributed by atoms with Crippen molar-refractivity contribution in [3.8, 4) is 11.3 Å². The van der Waals surface area contributed by atoms with Crippen LogP contribution in [0.3, 0.4) is 0 Å².